The van der Waals surface area contributed by atoms with Crippen LogP contribution in [0.2, 0.25) is 10.0 Å². The molecule has 0 saturated heterocycles. The van der Waals surface area contributed by atoms with Crippen molar-refractivity contribution in [3.63, 3.8) is 0 Å². The van der Waals surface area contributed by atoms with Crippen LogP contribution in [-0.4, -0.2) is 21.6 Å². The van der Waals surface area contributed by atoms with Crippen molar-refractivity contribution in [1.82, 2.24) is 9.97 Å². The van der Waals surface area contributed by atoms with Gasteiger partial charge in [0, 0.05) is 5.56 Å². The highest BCUT2D eigenvalue weighted by molar-refractivity contribution is 7.99. The Morgan fingerprint density at radius 1 is 1.07 bits per heavy atom. The van der Waals surface area contributed by atoms with Crippen LogP contribution in [0, 0.1) is 5.82 Å². The highest BCUT2D eigenvalue weighted by atomic mass is 35.5. The molecule has 3 aromatic rings. The average molecular weight is 476 g/mol. The van der Waals surface area contributed by atoms with Crippen LogP contribution in [0.4, 0.5) is 23.2 Å². The van der Waals surface area contributed by atoms with E-state index in [1.165, 1.54) is 18.2 Å². The Bertz CT molecular complexity index is 1080. The molecule has 1 aromatic heterocycles. The Balaban J connectivity index is 1.80. The van der Waals surface area contributed by atoms with Gasteiger partial charge in [-0.25, -0.2) is 14.4 Å². The molecule has 0 atom stereocenters. The Morgan fingerprint density at radius 3 is 2.43 bits per heavy atom. The summed E-state index contributed by atoms with van der Waals surface area (Å²) >= 11 is 12.6. The molecular formula is C19H11Cl2F4N3OS. The summed E-state index contributed by atoms with van der Waals surface area (Å²) < 4.78 is 52.8. The molecule has 0 spiro atoms. The third-order valence-corrected chi connectivity index (χ3v) is 5.36. The minimum atomic E-state index is -4.72. The minimum absolute atomic E-state index is 0.0434. The number of benzene rings is 2. The number of carbonyl (C=O) groups is 1. The van der Waals surface area contributed by atoms with Crippen molar-refractivity contribution in [2.24, 2.45) is 0 Å². The highest BCUT2D eigenvalue weighted by Crippen LogP contribution is 2.33. The molecule has 0 bridgehead atoms. The first-order valence-electron chi connectivity index (χ1n) is 8.22. The van der Waals surface area contributed by atoms with E-state index < -0.39 is 23.6 Å². The molecule has 156 valence electrons. The Labute approximate surface area is 182 Å². The van der Waals surface area contributed by atoms with Crippen LogP contribution in [0.3, 0.4) is 0 Å². The second kappa shape index (κ2) is 9.20. The molecule has 4 nitrogen and oxygen atoms in total. The summed E-state index contributed by atoms with van der Waals surface area (Å²) in [7, 11) is 0. The van der Waals surface area contributed by atoms with Gasteiger partial charge in [0.05, 0.1) is 27.2 Å². The number of alkyl halides is 3. The first-order chi connectivity index (χ1) is 14.1. The van der Waals surface area contributed by atoms with Gasteiger partial charge in [-0.2, -0.15) is 13.2 Å². The number of nitrogens with zero attached hydrogens (tertiary/aromatic N) is 2. The molecule has 3 rings (SSSR count). The summed E-state index contributed by atoms with van der Waals surface area (Å²) in [6.07, 6.45) is -4.72. The number of nitrogens with one attached hydrogen (secondary N) is 1. The zero-order chi connectivity index (χ0) is 21.9. The van der Waals surface area contributed by atoms with E-state index in [-0.39, 0.29) is 37.9 Å². The van der Waals surface area contributed by atoms with Gasteiger partial charge < -0.3 is 5.32 Å². The van der Waals surface area contributed by atoms with Crippen LogP contribution in [0.1, 0.15) is 5.69 Å². The lowest BCUT2D eigenvalue weighted by Gasteiger charge is -2.11. The third-order valence-electron chi connectivity index (χ3n) is 3.69. The fraction of sp³-hybridized carbons (Fsp3) is 0.105. The zero-order valence-corrected chi connectivity index (χ0v) is 17.1. The van der Waals surface area contributed by atoms with Gasteiger partial charge in [0.25, 0.3) is 0 Å². The number of hydrogen-bond acceptors (Lipinski definition) is 4. The summed E-state index contributed by atoms with van der Waals surface area (Å²) in [5, 5.41) is 2.66. The predicted octanol–water partition coefficient (Wildman–Crippen LogP) is 6.34. The molecular weight excluding hydrogens is 465 g/mol. The first-order valence-corrected chi connectivity index (χ1v) is 9.96. The van der Waals surface area contributed by atoms with Crippen LogP contribution in [0.15, 0.2) is 53.7 Å². The van der Waals surface area contributed by atoms with E-state index in [1.54, 1.807) is 12.1 Å². The number of aromatic nitrogens is 2. The van der Waals surface area contributed by atoms with Gasteiger partial charge in [-0.05, 0) is 42.5 Å². The third kappa shape index (κ3) is 5.62. The number of anilines is 1. The number of carbonyl (C=O) groups excluding carboxylic acids is 1. The van der Waals surface area contributed by atoms with Crippen molar-refractivity contribution >= 4 is 46.6 Å². The highest BCUT2D eigenvalue weighted by Gasteiger charge is 2.34. The second-order valence-electron chi connectivity index (χ2n) is 5.86. The molecule has 1 heterocycles. The van der Waals surface area contributed by atoms with Crippen LogP contribution < -0.4 is 5.32 Å². The molecule has 0 saturated carbocycles. The second-order valence-corrected chi connectivity index (χ2v) is 7.59. The largest absolute Gasteiger partial charge is 0.433 e. The van der Waals surface area contributed by atoms with Crippen LogP contribution in [0.5, 0.6) is 0 Å². The van der Waals surface area contributed by atoms with E-state index in [4.69, 9.17) is 23.2 Å². The molecule has 1 N–H and O–H groups in total. The molecule has 0 unspecified atom stereocenters. The van der Waals surface area contributed by atoms with E-state index in [0.717, 1.165) is 18.2 Å². The number of amides is 1. The maximum absolute atomic E-state index is 13.2. The van der Waals surface area contributed by atoms with Gasteiger partial charge in [-0.1, -0.05) is 41.0 Å². The summed E-state index contributed by atoms with van der Waals surface area (Å²) in [6, 6.07) is 10.3. The van der Waals surface area contributed by atoms with Gasteiger partial charge in [0.15, 0.2) is 5.16 Å². The normalized spacial score (nSPS) is 11.4. The Morgan fingerprint density at radius 2 is 1.77 bits per heavy atom. The van der Waals surface area contributed by atoms with Crippen molar-refractivity contribution in [3.8, 4) is 11.3 Å². The predicted molar refractivity (Wildman–Crippen MR) is 108 cm³/mol. The van der Waals surface area contributed by atoms with E-state index >= 15 is 0 Å². The lowest BCUT2D eigenvalue weighted by Crippen LogP contribution is -2.15. The molecule has 0 aliphatic heterocycles. The molecule has 0 fully saturated rings. The van der Waals surface area contributed by atoms with E-state index in [0.29, 0.717) is 11.8 Å². The number of hydrogen-bond donors (Lipinski definition) is 1. The van der Waals surface area contributed by atoms with E-state index in [2.05, 4.69) is 15.3 Å². The average Bonchev–Trinajstić information content (AvgIpc) is 2.69. The van der Waals surface area contributed by atoms with Gasteiger partial charge in [-0.15, -0.1) is 0 Å². The van der Waals surface area contributed by atoms with Crippen LogP contribution >= 0.6 is 35.0 Å². The fourth-order valence-corrected chi connectivity index (χ4v) is 3.33. The number of halogens is 6. The lowest BCUT2D eigenvalue weighted by molar-refractivity contribution is -0.141. The topological polar surface area (TPSA) is 54.9 Å². The summed E-state index contributed by atoms with van der Waals surface area (Å²) in [5.41, 5.74) is -0.663. The summed E-state index contributed by atoms with van der Waals surface area (Å²) in [6.45, 7) is 0. The zero-order valence-electron chi connectivity index (χ0n) is 14.8. The number of rotatable bonds is 5. The minimum Gasteiger partial charge on any atom is -0.324 e. The van der Waals surface area contributed by atoms with E-state index in [9.17, 15) is 22.4 Å². The van der Waals surface area contributed by atoms with Gasteiger partial charge in [-0.3, -0.25) is 4.79 Å². The molecule has 0 aliphatic carbocycles. The van der Waals surface area contributed by atoms with Gasteiger partial charge in [0.1, 0.15) is 11.5 Å². The van der Waals surface area contributed by atoms with Gasteiger partial charge in [0.2, 0.25) is 5.91 Å². The van der Waals surface area contributed by atoms with Crippen LogP contribution in [0.25, 0.3) is 11.3 Å². The van der Waals surface area contributed by atoms with Crippen molar-refractivity contribution in [1.29, 1.82) is 0 Å². The molecule has 0 aliphatic rings. The Hall–Kier alpha value is -2.36. The molecule has 1 amide bonds. The number of thioether (sulfide) groups is 1. The van der Waals surface area contributed by atoms with Crippen molar-refractivity contribution in [2.45, 2.75) is 11.3 Å². The standard InChI is InChI=1S/C19H11Cl2F4N3OS/c20-12-2-1-3-13(17(12)21)26-16(29)9-30-18-27-14(8-15(28-18)19(23,24)25)10-4-6-11(22)7-5-10/h1-8H,9H2,(H,26,29). The summed E-state index contributed by atoms with van der Waals surface area (Å²) in [5.74, 6) is -1.34. The molecule has 11 heteroatoms. The van der Waals surface area contributed by atoms with Crippen molar-refractivity contribution in [2.75, 3.05) is 11.1 Å². The molecule has 30 heavy (non-hydrogen) atoms. The quantitative estimate of drug-likeness (QED) is 0.265. The van der Waals surface area contributed by atoms with Crippen molar-refractivity contribution in [3.05, 3.63) is 70.1 Å². The maximum atomic E-state index is 13.2. The van der Waals surface area contributed by atoms with Crippen molar-refractivity contribution < 1.29 is 22.4 Å². The van der Waals surface area contributed by atoms with E-state index in [1.807, 2.05) is 0 Å². The lowest BCUT2D eigenvalue weighted by atomic mass is 10.1. The molecule has 2 aromatic carbocycles. The maximum Gasteiger partial charge on any atom is 0.433 e. The monoisotopic (exact) mass is 475 g/mol. The molecule has 0 radical (unpaired) electrons. The smallest absolute Gasteiger partial charge is 0.324 e. The van der Waals surface area contributed by atoms with Crippen LogP contribution in [-0.2, 0) is 11.0 Å². The SMILES string of the molecule is O=C(CSc1nc(-c2ccc(F)cc2)cc(C(F)(F)F)n1)Nc1cccc(Cl)c1Cl. The van der Waals surface area contributed by atoms with Gasteiger partial charge >= 0.3 is 6.18 Å². The first kappa shape index (κ1) is 22.3. The summed E-state index contributed by atoms with van der Waals surface area (Å²) in [4.78, 5) is 19.7. The fourth-order valence-electron chi connectivity index (χ4n) is 2.32. The Kier molecular flexibility index (Phi) is 6.84.